The molecule has 0 atom stereocenters. The van der Waals surface area contributed by atoms with Crippen molar-refractivity contribution in [1.82, 2.24) is 4.90 Å². The van der Waals surface area contributed by atoms with Crippen LogP contribution >= 0.6 is 0 Å². The Bertz CT molecular complexity index is 359. The van der Waals surface area contributed by atoms with Crippen LogP contribution in [-0.2, 0) is 4.74 Å². The second-order valence-electron chi connectivity index (χ2n) is 4.94. The second-order valence-corrected chi connectivity index (χ2v) is 4.94. The van der Waals surface area contributed by atoms with Crippen molar-refractivity contribution in [2.75, 3.05) is 33.4 Å². The molecule has 3 nitrogen and oxygen atoms in total. The van der Waals surface area contributed by atoms with Crippen molar-refractivity contribution in [2.45, 2.75) is 25.9 Å². The fraction of sp³-hybridized carbons (Fsp3) is 0.600. The van der Waals surface area contributed by atoms with Gasteiger partial charge < -0.3 is 9.47 Å². The van der Waals surface area contributed by atoms with Crippen molar-refractivity contribution in [2.24, 2.45) is 0 Å². The lowest BCUT2D eigenvalue weighted by Crippen LogP contribution is -2.38. The molecule has 1 aromatic carbocycles. The first-order chi connectivity index (χ1) is 8.78. The highest BCUT2D eigenvalue weighted by Crippen LogP contribution is 2.14. The molecule has 1 aliphatic rings. The first-order valence-electron chi connectivity index (χ1n) is 6.72. The highest BCUT2D eigenvalue weighted by molar-refractivity contribution is 5.27. The molecular weight excluding hydrogens is 226 g/mol. The normalized spacial score (nSPS) is 17.9. The standard InChI is InChI=1S/C15H23NO2/c1-13-4-3-5-15(12-13)18-11-10-16-8-6-14(17-2)7-9-16/h3-5,12,14H,6-11H2,1-2H3. The van der Waals surface area contributed by atoms with Gasteiger partial charge in [-0.2, -0.15) is 0 Å². The van der Waals surface area contributed by atoms with Crippen molar-refractivity contribution < 1.29 is 9.47 Å². The first kappa shape index (κ1) is 13.4. The molecule has 2 rings (SSSR count). The van der Waals surface area contributed by atoms with Gasteiger partial charge in [-0.3, -0.25) is 4.90 Å². The second kappa shape index (κ2) is 6.76. The molecule has 18 heavy (non-hydrogen) atoms. The average molecular weight is 249 g/mol. The first-order valence-corrected chi connectivity index (χ1v) is 6.72. The summed E-state index contributed by atoms with van der Waals surface area (Å²) in [6.07, 6.45) is 2.74. The molecule has 1 aromatic rings. The zero-order chi connectivity index (χ0) is 12.8. The summed E-state index contributed by atoms with van der Waals surface area (Å²) in [6, 6.07) is 8.22. The van der Waals surface area contributed by atoms with Crippen LogP contribution in [0, 0.1) is 6.92 Å². The SMILES string of the molecule is COC1CCN(CCOc2cccc(C)c2)CC1. The van der Waals surface area contributed by atoms with E-state index >= 15 is 0 Å². The Kier molecular flexibility index (Phi) is 5.02. The van der Waals surface area contributed by atoms with E-state index in [1.807, 2.05) is 12.1 Å². The van der Waals surface area contributed by atoms with Crippen molar-refractivity contribution in [3.63, 3.8) is 0 Å². The van der Waals surface area contributed by atoms with Crippen molar-refractivity contribution in [3.05, 3.63) is 29.8 Å². The van der Waals surface area contributed by atoms with E-state index in [0.29, 0.717) is 6.10 Å². The van der Waals surface area contributed by atoms with E-state index in [1.165, 1.54) is 5.56 Å². The lowest BCUT2D eigenvalue weighted by Gasteiger charge is -2.30. The van der Waals surface area contributed by atoms with Gasteiger partial charge in [0.25, 0.3) is 0 Å². The van der Waals surface area contributed by atoms with E-state index < -0.39 is 0 Å². The van der Waals surface area contributed by atoms with Gasteiger partial charge in [0.15, 0.2) is 0 Å². The Morgan fingerprint density at radius 2 is 2.06 bits per heavy atom. The Hall–Kier alpha value is -1.06. The summed E-state index contributed by atoms with van der Waals surface area (Å²) in [7, 11) is 1.81. The van der Waals surface area contributed by atoms with Crippen molar-refractivity contribution in [3.8, 4) is 5.75 Å². The molecule has 100 valence electrons. The summed E-state index contributed by atoms with van der Waals surface area (Å²) in [6.45, 7) is 6.10. The number of benzene rings is 1. The van der Waals surface area contributed by atoms with Gasteiger partial charge in [-0.05, 0) is 37.5 Å². The Morgan fingerprint density at radius 1 is 1.28 bits per heavy atom. The van der Waals surface area contributed by atoms with Gasteiger partial charge in [0, 0.05) is 26.7 Å². The maximum atomic E-state index is 5.77. The molecule has 0 radical (unpaired) electrons. The van der Waals surface area contributed by atoms with Crippen LogP contribution < -0.4 is 4.74 Å². The minimum Gasteiger partial charge on any atom is -0.492 e. The van der Waals surface area contributed by atoms with Crippen LogP contribution in [-0.4, -0.2) is 44.4 Å². The van der Waals surface area contributed by atoms with Crippen LogP contribution in [0.25, 0.3) is 0 Å². The van der Waals surface area contributed by atoms with Crippen LogP contribution in [0.5, 0.6) is 5.75 Å². The van der Waals surface area contributed by atoms with Gasteiger partial charge >= 0.3 is 0 Å². The number of likely N-dealkylation sites (tertiary alicyclic amines) is 1. The maximum absolute atomic E-state index is 5.77. The van der Waals surface area contributed by atoms with Crippen molar-refractivity contribution in [1.29, 1.82) is 0 Å². The Morgan fingerprint density at radius 3 is 2.72 bits per heavy atom. The molecule has 0 spiro atoms. The Balaban J connectivity index is 1.67. The lowest BCUT2D eigenvalue weighted by atomic mass is 10.1. The predicted molar refractivity (Wildman–Crippen MR) is 73.1 cm³/mol. The van der Waals surface area contributed by atoms with Crippen LogP contribution in [0.2, 0.25) is 0 Å². The molecule has 1 aliphatic heterocycles. The zero-order valence-corrected chi connectivity index (χ0v) is 11.4. The molecule has 0 saturated carbocycles. The fourth-order valence-corrected chi connectivity index (χ4v) is 2.37. The molecule has 0 aliphatic carbocycles. The molecule has 0 bridgehead atoms. The molecule has 0 N–H and O–H groups in total. The van der Waals surface area contributed by atoms with E-state index in [-0.39, 0.29) is 0 Å². The summed E-state index contributed by atoms with van der Waals surface area (Å²) in [5.74, 6) is 0.974. The molecular formula is C15H23NO2. The topological polar surface area (TPSA) is 21.7 Å². The number of ether oxygens (including phenoxy) is 2. The summed E-state index contributed by atoms with van der Waals surface area (Å²) in [5, 5.41) is 0. The predicted octanol–water partition coefficient (Wildman–Crippen LogP) is 2.48. The van der Waals surface area contributed by atoms with Gasteiger partial charge in [-0.1, -0.05) is 12.1 Å². The number of rotatable bonds is 5. The number of aryl methyl sites for hydroxylation is 1. The van der Waals surface area contributed by atoms with Gasteiger partial charge in [0.05, 0.1) is 6.10 Å². The Labute approximate surface area is 110 Å². The monoisotopic (exact) mass is 249 g/mol. The maximum Gasteiger partial charge on any atom is 0.119 e. The number of hydrogen-bond acceptors (Lipinski definition) is 3. The van der Waals surface area contributed by atoms with E-state index in [9.17, 15) is 0 Å². The fourth-order valence-electron chi connectivity index (χ4n) is 2.37. The molecule has 0 unspecified atom stereocenters. The number of hydrogen-bond donors (Lipinski definition) is 0. The third-order valence-electron chi connectivity index (χ3n) is 3.53. The van der Waals surface area contributed by atoms with Crippen molar-refractivity contribution >= 4 is 0 Å². The number of nitrogens with zero attached hydrogens (tertiary/aromatic N) is 1. The molecule has 1 saturated heterocycles. The minimum absolute atomic E-state index is 0.457. The minimum atomic E-state index is 0.457. The molecule has 0 aromatic heterocycles. The smallest absolute Gasteiger partial charge is 0.119 e. The third-order valence-corrected chi connectivity index (χ3v) is 3.53. The average Bonchev–Trinajstić information content (AvgIpc) is 2.40. The van der Waals surface area contributed by atoms with Crippen LogP contribution in [0.15, 0.2) is 24.3 Å². The summed E-state index contributed by atoms with van der Waals surface area (Å²) < 4.78 is 11.1. The van der Waals surface area contributed by atoms with Gasteiger partial charge in [-0.15, -0.1) is 0 Å². The lowest BCUT2D eigenvalue weighted by molar-refractivity contribution is 0.0375. The summed E-state index contributed by atoms with van der Waals surface area (Å²) in [4.78, 5) is 2.45. The number of methoxy groups -OCH3 is 1. The molecule has 0 amide bonds. The largest absolute Gasteiger partial charge is 0.492 e. The van der Waals surface area contributed by atoms with Gasteiger partial charge in [0.1, 0.15) is 12.4 Å². The van der Waals surface area contributed by atoms with E-state index in [1.54, 1.807) is 7.11 Å². The molecule has 3 heteroatoms. The van der Waals surface area contributed by atoms with Gasteiger partial charge in [0.2, 0.25) is 0 Å². The van der Waals surface area contributed by atoms with E-state index in [4.69, 9.17) is 9.47 Å². The third kappa shape index (κ3) is 4.00. The van der Waals surface area contributed by atoms with Crippen LogP contribution in [0.3, 0.4) is 0 Å². The van der Waals surface area contributed by atoms with Crippen LogP contribution in [0.1, 0.15) is 18.4 Å². The summed E-state index contributed by atoms with van der Waals surface area (Å²) in [5.41, 5.74) is 1.24. The van der Waals surface area contributed by atoms with E-state index in [0.717, 1.165) is 44.8 Å². The van der Waals surface area contributed by atoms with E-state index in [2.05, 4.69) is 24.0 Å². The van der Waals surface area contributed by atoms with Crippen LogP contribution in [0.4, 0.5) is 0 Å². The van der Waals surface area contributed by atoms with Gasteiger partial charge in [-0.25, -0.2) is 0 Å². The summed E-state index contributed by atoms with van der Waals surface area (Å²) >= 11 is 0. The molecule has 1 fully saturated rings. The highest BCUT2D eigenvalue weighted by atomic mass is 16.5. The number of piperidine rings is 1. The molecule has 1 heterocycles. The zero-order valence-electron chi connectivity index (χ0n) is 11.4. The quantitative estimate of drug-likeness (QED) is 0.800. The highest BCUT2D eigenvalue weighted by Gasteiger charge is 2.17.